The minimum absolute atomic E-state index is 0.154. The van der Waals surface area contributed by atoms with E-state index in [0.29, 0.717) is 0 Å². The Morgan fingerprint density at radius 1 is 0.581 bits per heavy atom. The molecule has 0 aliphatic heterocycles. The van der Waals surface area contributed by atoms with Gasteiger partial charge in [-0.25, -0.2) is 0 Å². The van der Waals surface area contributed by atoms with E-state index in [4.69, 9.17) is 0 Å². The summed E-state index contributed by atoms with van der Waals surface area (Å²) in [6.07, 6.45) is 3.75. The van der Waals surface area contributed by atoms with Gasteiger partial charge in [0.15, 0.2) is 5.78 Å². The highest BCUT2D eigenvalue weighted by Crippen LogP contribution is 2.34. The molecule has 0 heterocycles. The summed E-state index contributed by atoms with van der Waals surface area (Å²) in [6.45, 7) is 0. The molecule has 5 rings (SSSR count). The molecule has 4 aromatic carbocycles. The molecule has 0 N–H and O–H groups in total. The third-order valence-corrected chi connectivity index (χ3v) is 5.74. The van der Waals surface area contributed by atoms with Crippen LogP contribution < -0.4 is 4.90 Å². The first kappa shape index (κ1) is 19.1. The number of fused-ring (bicyclic) bond motifs is 1. The lowest BCUT2D eigenvalue weighted by Gasteiger charge is -2.25. The number of hydrogen-bond donors (Lipinski definition) is 0. The van der Waals surface area contributed by atoms with E-state index in [1.807, 2.05) is 36.4 Å². The van der Waals surface area contributed by atoms with Crippen LogP contribution in [0.3, 0.4) is 0 Å². The fourth-order valence-electron chi connectivity index (χ4n) is 4.18. The smallest absolute Gasteiger partial charge is 0.189 e. The van der Waals surface area contributed by atoms with Gasteiger partial charge in [-0.2, -0.15) is 0 Å². The number of carbonyl (C=O) groups excluding carboxylic acids is 1. The first-order chi connectivity index (χ1) is 15.3. The van der Waals surface area contributed by atoms with Crippen LogP contribution >= 0.6 is 0 Å². The van der Waals surface area contributed by atoms with Gasteiger partial charge in [-0.3, -0.25) is 4.79 Å². The molecule has 31 heavy (non-hydrogen) atoms. The Morgan fingerprint density at radius 3 is 1.77 bits per heavy atom. The molecule has 150 valence electrons. The van der Waals surface area contributed by atoms with Crippen LogP contribution in [-0.2, 0) is 6.42 Å². The van der Waals surface area contributed by atoms with Crippen molar-refractivity contribution in [3.63, 3.8) is 0 Å². The predicted molar refractivity (Wildman–Crippen MR) is 128 cm³/mol. The lowest BCUT2D eigenvalue weighted by molar-refractivity contribution is 0.102. The maximum absolute atomic E-state index is 12.9. The first-order valence-corrected chi connectivity index (χ1v) is 10.6. The topological polar surface area (TPSA) is 20.3 Å². The number of carbonyl (C=O) groups is 1. The Balaban J connectivity index is 1.46. The second-order valence-electron chi connectivity index (χ2n) is 7.75. The average Bonchev–Trinajstić information content (AvgIpc) is 2.84. The van der Waals surface area contributed by atoms with Gasteiger partial charge in [-0.15, -0.1) is 0 Å². The summed E-state index contributed by atoms with van der Waals surface area (Å²) in [5.41, 5.74) is 7.23. The minimum atomic E-state index is 0.154. The zero-order valence-electron chi connectivity index (χ0n) is 17.2. The lowest BCUT2D eigenvalue weighted by Crippen LogP contribution is -2.13. The number of aryl methyl sites for hydroxylation is 1. The van der Waals surface area contributed by atoms with Gasteiger partial charge in [0.25, 0.3) is 0 Å². The van der Waals surface area contributed by atoms with Crippen molar-refractivity contribution in [3.05, 3.63) is 131 Å². The molecule has 4 aromatic rings. The van der Waals surface area contributed by atoms with E-state index in [9.17, 15) is 4.79 Å². The molecular weight excluding hydrogens is 378 g/mol. The van der Waals surface area contributed by atoms with Crippen LogP contribution in [0, 0.1) is 0 Å². The van der Waals surface area contributed by atoms with Gasteiger partial charge >= 0.3 is 0 Å². The molecule has 0 fully saturated rings. The molecule has 0 amide bonds. The van der Waals surface area contributed by atoms with Gasteiger partial charge in [0.2, 0.25) is 0 Å². The van der Waals surface area contributed by atoms with E-state index >= 15 is 0 Å². The van der Waals surface area contributed by atoms with E-state index < -0.39 is 0 Å². The molecule has 0 unspecified atom stereocenters. The molecule has 0 saturated heterocycles. The summed E-state index contributed by atoms with van der Waals surface area (Å²) in [4.78, 5) is 15.1. The zero-order valence-corrected chi connectivity index (χ0v) is 17.2. The van der Waals surface area contributed by atoms with E-state index in [2.05, 4.69) is 83.8 Å². The van der Waals surface area contributed by atoms with Crippen molar-refractivity contribution in [2.24, 2.45) is 0 Å². The van der Waals surface area contributed by atoms with Crippen molar-refractivity contribution in [2.45, 2.75) is 12.8 Å². The number of hydrogen-bond acceptors (Lipinski definition) is 2. The highest BCUT2D eigenvalue weighted by Gasteiger charge is 2.21. The average molecular weight is 402 g/mol. The van der Waals surface area contributed by atoms with Crippen LogP contribution in [0.4, 0.5) is 17.1 Å². The Hall–Kier alpha value is -3.91. The second kappa shape index (κ2) is 8.45. The Morgan fingerprint density at radius 2 is 1.13 bits per heavy atom. The van der Waals surface area contributed by atoms with Gasteiger partial charge in [-0.05, 0) is 66.4 Å². The quantitative estimate of drug-likeness (QED) is 0.333. The fraction of sp³-hybridized carbons (Fsp3) is 0.0690. The van der Waals surface area contributed by atoms with E-state index in [1.54, 1.807) is 0 Å². The van der Waals surface area contributed by atoms with E-state index in [-0.39, 0.29) is 5.78 Å². The maximum atomic E-state index is 12.9. The summed E-state index contributed by atoms with van der Waals surface area (Å²) in [5, 5.41) is 0. The van der Waals surface area contributed by atoms with Gasteiger partial charge in [0.05, 0.1) is 0 Å². The number of anilines is 3. The molecule has 0 radical (unpaired) electrons. The van der Waals surface area contributed by atoms with Crippen molar-refractivity contribution in [1.82, 2.24) is 0 Å². The van der Waals surface area contributed by atoms with Crippen molar-refractivity contribution < 1.29 is 4.79 Å². The summed E-state index contributed by atoms with van der Waals surface area (Å²) >= 11 is 0. The maximum Gasteiger partial charge on any atom is 0.189 e. The molecule has 0 saturated carbocycles. The molecular formula is C29H23NO. The van der Waals surface area contributed by atoms with E-state index in [1.165, 1.54) is 0 Å². The number of allylic oxidation sites excluding steroid dienone is 1. The van der Waals surface area contributed by atoms with Crippen molar-refractivity contribution in [3.8, 4) is 0 Å². The third-order valence-electron chi connectivity index (χ3n) is 5.74. The van der Waals surface area contributed by atoms with Gasteiger partial charge < -0.3 is 4.90 Å². The van der Waals surface area contributed by atoms with Crippen LogP contribution in [0.2, 0.25) is 0 Å². The highest BCUT2D eigenvalue weighted by atomic mass is 16.1. The number of ketones is 1. The number of benzene rings is 4. The highest BCUT2D eigenvalue weighted by molar-refractivity contribution is 6.13. The first-order valence-electron chi connectivity index (χ1n) is 10.6. The molecule has 0 aromatic heterocycles. The molecule has 1 aliphatic rings. The Bertz CT molecular complexity index is 1190. The van der Waals surface area contributed by atoms with Crippen LogP contribution in [0.15, 0.2) is 115 Å². The molecule has 0 bridgehead atoms. The third kappa shape index (κ3) is 3.93. The van der Waals surface area contributed by atoms with Crippen LogP contribution in [0.25, 0.3) is 6.08 Å². The number of Topliss-reactive ketones (excluding diaryl/α,β-unsaturated/α-hetero) is 1. The molecule has 0 spiro atoms. The fourth-order valence-corrected chi connectivity index (χ4v) is 4.18. The van der Waals surface area contributed by atoms with Crippen molar-refractivity contribution in [2.75, 3.05) is 4.90 Å². The normalized spacial score (nSPS) is 14.3. The van der Waals surface area contributed by atoms with Crippen LogP contribution in [0.5, 0.6) is 0 Å². The Labute approximate surface area is 183 Å². The second-order valence-corrected chi connectivity index (χ2v) is 7.75. The Kier molecular flexibility index (Phi) is 5.20. The summed E-state index contributed by atoms with van der Waals surface area (Å²) in [7, 11) is 0. The molecule has 2 heteroatoms. The molecule has 2 nitrogen and oxygen atoms in total. The monoisotopic (exact) mass is 401 g/mol. The minimum Gasteiger partial charge on any atom is -0.311 e. The molecule has 0 atom stereocenters. The van der Waals surface area contributed by atoms with Crippen molar-refractivity contribution in [1.29, 1.82) is 0 Å². The van der Waals surface area contributed by atoms with Crippen LogP contribution in [-0.4, -0.2) is 5.78 Å². The zero-order chi connectivity index (χ0) is 21.0. The van der Waals surface area contributed by atoms with Crippen molar-refractivity contribution >= 4 is 28.9 Å². The summed E-state index contributed by atoms with van der Waals surface area (Å²) in [5.74, 6) is 0.154. The number of para-hydroxylation sites is 2. The van der Waals surface area contributed by atoms with E-state index in [0.717, 1.165) is 52.2 Å². The van der Waals surface area contributed by atoms with Gasteiger partial charge in [0, 0.05) is 28.2 Å². The SMILES string of the molecule is O=C1C(=Cc2ccc(N(c3ccccc3)c3ccccc3)cc2)CCc2ccccc21. The van der Waals surface area contributed by atoms with Gasteiger partial charge in [-0.1, -0.05) is 72.8 Å². The largest absolute Gasteiger partial charge is 0.311 e. The lowest BCUT2D eigenvalue weighted by atomic mass is 9.86. The summed E-state index contributed by atoms with van der Waals surface area (Å²) < 4.78 is 0. The number of nitrogens with zero attached hydrogens (tertiary/aromatic N) is 1. The number of rotatable bonds is 4. The standard InChI is InChI=1S/C29H23NO/c31-29-24(18-17-23-9-7-8-14-28(23)29)21-22-15-19-27(20-16-22)30(25-10-3-1-4-11-25)26-12-5-2-6-13-26/h1-16,19-21H,17-18H2. The molecule has 1 aliphatic carbocycles. The van der Waals surface area contributed by atoms with Gasteiger partial charge in [0.1, 0.15) is 0 Å². The summed E-state index contributed by atoms with van der Waals surface area (Å²) in [6, 6.07) is 37.1. The predicted octanol–water partition coefficient (Wildman–Crippen LogP) is 7.37. The van der Waals surface area contributed by atoms with Crippen LogP contribution in [0.1, 0.15) is 27.9 Å².